The van der Waals surface area contributed by atoms with Gasteiger partial charge in [-0.3, -0.25) is 9.59 Å². The maximum absolute atomic E-state index is 13.6. The first-order valence-corrected chi connectivity index (χ1v) is 12.6. The lowest BCUT2D eigenvalue weighted by molar-refractivity contribution is -0.137. The van der Waals surface area contributed by atoms with Gasteiger partial charge in [0.15, 0.2) is 0 Å². The van der Waals surface area contributed by atoms with Crippen molar-refractivity contribution in [2.45, 2.75) is 51.3 Å². The van der Waals surface area contributed by atoms with Crippen LogP contribution in [0.2, 0.25) is 0 Å². The average molecular weight is 518 g/mol. The number of benzene rings is 2. The first kappa shape index (κ1) is 25.8. The van der Waals surface area contributed by atoms with Crippen LogP contribution in [-0.4, -0.2) is 23.5 Å². The lowest BCUT2D eigenvalue weighted by Crippen LogP contribution is -2.28. The Kier molecular flexibility index (Phi) is 7.98. The summed E-state index contributed by atoms with van der Waals surface area (Å²) in [5, 5.41) is 8.69. The van der Waals surface area contributed by atoms with Crippen molar-refractivity contribution in [3.05, 3.63) is 69.9 Å². The molecule has 0 aliphatic carbocycles. The molecule has 1 amide bonds. The number of carboxylic acid groups (broad SMARTS) is 1. The largest absolute Gasteiger partial charge is 0.488 e. The third-order valence-corrected chi connectivity index (χ3v) is 7.19. The van der Waals surface area contributed by atoms with Gasteiger partial charge in [-0.1, -0.05) is 36.8 Å². The molecule has 0 unspecified atom stereocenters. The van der Waals surface area contributed by atoms with E-state index in [9.17, 15) is 22.8 Å². The first-order valence-electron chi connectivity index (χ1n) is 11.8. The van der Waals surface area contributed by atoms with Gasteiger partial charge >= 0.3 is 12.1 Å². The van der Waals surface area contributed by atoms with Gasteiger partial charge in [-0.05, 0) is 54.7 Å². The molecule has 0 saturated heterocycles. The van der Waals surface area contributed by atoms with E-state index in [-0.39, 0.29) is 24.5 Å². The van der Waals surface area contributed by atoms with Crippen LogP contribution in [0.3, 0.4) is 0 Å². The maximum Gasteiger partial charge on any atom is 0.426 e. The summed E-state index contributed by atoms with van der Waals surface area (Å²) in [7, 11) is 0. The molecule has 0 bridgehead atoms. The van der Waals surface area contributed by atoms with Crippen LogP contribution < -0.4 is 9.64 Å². The summed E-state index contributed by atoms with van der Waals surface area (Å²) in [5.74, 6) is -0.284. The van der Waals surface area contributed by atoms with Crippen LogP contribution in [0, 0.1) is 0 Å². The zero-order chi connectivity index (χ0) is 25.7. The molecule has 0 atom stereocenters. The Hall–Kier alpha value is -3.33. The standard InChI is InChI=1S/C27H26F3NO4S/c28-27(29,30)26-22(18-7-3-1-4-8-18)16-21(36-26)17-35-20-11-12-23-19(15-20)13-14-31(23)24(32)9-5-2-6-10-25(33)34/h1,3-4,7-8,11-12,15-16H,2,5-6,9-10,13-14,17H2,(H,33,34). The molecule has 0 spiro atoms. The number of hydrogen-bond acceptors (Lipinski definition) is 4. The van der Waals surface area contributed by atoms with Gasteiger partial charge in [-0.2, -0.15) is 13.2 Å². The minimum atomic E-state index is -4.45. The van der Waals surface area contributed by atoms with Crippen molar-refractivity contribution in [3.8, 4) is 16.9 Å². The van der Waals surface area contributed by atoms with Gasteiger partial charge in [0, 0.05) is 35.5 Å². The highest BCUT2D eigenvalue weighted by molar-refractivity contribution is 7.12. The summed E-state index contributed by atoms with van der Waals surface area (Å²) >= 11 is 0.687. The van der Waals surface area contributed by atoms with Crippen molar-refractivity contribution in [2.75, 3.05) is 11.4 Å². The molecule has 0 radical (unpaired) electrons. The van der Waals surface area contributed by atoms with Crippen molar-refractivity contribution in [1.82, 2.24) is 0 Å². The van der Waals surface area contributed by atoms with Gasteiger partial charge in [0.2, 0.25) is 5.91 Å². The van der Waals surface area contributed by atoms with Crippen molar-refractivity contribution >= 4 is 28.9 Å². The highest BCUT2D eigenvalue weighted by Gasteiger charge is 2.36. The number of ether oxygens (including phenoxy) is 1. The zero-order valence-electron chi connectivity index (χ0n) is 19.5. The molecule has 36 heavy (non-hydrogen) atoms. The molecule has 190 valence electrons. The summed E-state index contributed by atoms with van der Waals surface area (Å²) in [6.07, 6.45) is -1.41. The molecule has 2 heterocycles. The zero-order valence-corrected chi connectivity index (χ0v) is 20.3. The second-order valence-electron chi connectivity index (χ2n) is 8.65. The van der Waals surface area contributed by atoms with Gasteiger partial charge < -0.3 is 14.7 Å². The molecular weight excluding hydrogens is 491 g/mol. The Morgan fingerprint density at radius 3 is 2.47 bits per heavy atom. The Bertz CT molecular complexity index is 1220. The molecule has 1 aromatic heterocycles. The van der Waals surface area contributed by atoms with Gasteiger partial charge in [-0.25, -0.2) is 0 Å². The van der Waals surface area contributed by atoms with E-state index in [1.165, 1.54) is 6.07 Å². The van der Waals surface area contributed by atoms with E-state index in [4.69, 9.17) is 9.84 Å². The normalized spacial score (nSPS) is 13.0. The van der Waals surface area contributed by atoms with Crippen LogP contribution in [0.1, 0.15) is 47.4 Å². The molecule has 1 N–H and O–H groups in total. The second-order valence-corrected chi connectivity index (χ2v) is 9.79. The third kappa shape index (κ3) is 6.26. The second kappa shape index (κ2) is 11.2. The number of rotatable bonds is 10. The number of carbonyl (C=O) groups is 2. The smallest absolute Gasteiger partial charge is 0.426 e. The molecule has 9 heteroatoms. The van der Waals surface area contributed by atoms with E-state index >= 15 is 0 Å². The number of anilines is 1. The number of fused-ring (bicyclic) bond motifs is 1. The summed E-state index contributed by atoms with van der Waals surface area (Å²) < 4.78 is 46.7. The number of unbranched alkanes of at least 4 members (excludes halogenated alkanes) is 2. The molecular formula is C27H26F3NO4S. The molecule has 2 aromatic carbocycles. The lowest BCUT2D eigenvalue weighted by Gasteiger charge is -2.17. The fraction of sp³-hybridized carbons (Fsp3) is 0.333. The number of carbonyl (C=O) groups excluding carboxylic acids is 1. The summed E-state index contributed by atoms with van der Waals surface area (Å²) in [5.41, 5.74) is 2.44. The summed E-state index contributed by atoms with van der Waals surface area (Å²) in [6.45, 7) is 0.575. The molecule has 5 nitrogen and oxygen atoms in total. The number of thiophene rings is 1. The molecule has 1 aliphatic rings. The Labute approximate surface area is 211 Å². The van der Waals surface area contributed by atoms with Crippen molar-refractivity contribution < 1.29 is 32.6 Å². The van der Waals surface area contributed by atoms with E-state index in [0.717, 1.165) is 11.3 Å². The highest BCUT2D eigenvalue weighted by Crippen LogP contribution is 2.43. The Balaban J connectivity index is 1.38. The van der Waals surface area contributed by atoms with Crippen LogP contribution in [0.15, 0.2) is 54.6 Å². The van der Waals surface area contributed by atoms with E-state index in [1.54, 1.807) is 41.3 Å². The number of alkyl halides is 3. The van der Waals surface area contributed by atoms with Crippen LogP contribution in [0.5, 0.6) is 5.75 Å². The molecule has 0 saturated carbocycles. The van der Waals surface area contributed by atoms with Gasteiger partial charge in [0.05, 0.1) is 0 Å². The maximum atomic E-state index is 13.6. The van der Waals surface area contributed by atoms with E-state index in [1.807, 2.05) is 12.1 Å². The van der Waals surface area contributed by atoms with Crippen molar-refractivity contribution in [1.29, 1.82) is 0 Å². The SMILES string of the molecule is O=C(O)CCCCCC(=O)N1CCc2cc(OCc3cc(-c4ccccc4)c(C(F)(F)F)s3)ccc21. The van der Waals surface area contributed by atoms with Gasteiger partial charge in [-0.15, -0.1) is 11.3 Å². The third-order valence-electron chi connectivity index (χ3n) is 6.04. The Morgan fingerprint density at radius 1 is 1.00 bits per heavy atom. The number of amides is 1. The van der Waals surface area contributed by atoms with Gasteiger partial charge in [0.1, 0.15) is 17.2 Å². The average Bonchev–Trinajstić information content (AvgIpc) is 3.47. The number of carboxylic acids is 1. The van der Waals surface area contributed by atoms with Crippen LogP contribution in [0.4, 0.5) is 18.9 Å². The highest BCUT2D eigenvalue weighted by atomic mass is 32.1. The monoisotopic (exact) mass is 517 g/mol. The van der Waals surface area contributed by atoms with Crippen LogP contribution in [-0.2, 0) is 28.8 Å². The molecule has 0 fully saturated rings. The molecule has 4 rings (SSSR count). The first-order chi connectivity index (χ1) is 17.2. The quantitative estimate of drug-likeness (QED) is 0.296. The fourth-order valence-electron chi connectivity index (χ4n) is 4.30. The van der Waals surface area contributed by atoms with Crippen LogP contribution in [0.25, 0.3) is 11.1 Å². The van der Waals surface area contributed by atoms with Gasteiger partial charge in [0.25, 0.3) is 0 Å². The molecule has 1 aliphatic heterocycles. The number of hydrogen-bond donors (Lipinski definition) is 1. The topological polar surface area (TPSA) is 66.8 Å². The summed E-state index contributed by atoms with van der Waals surface area (Å²) in [6, 6.07) is 15.4. The van der Waals surface area contributed by atoms with Crippen LogP contribution >= 0.6 is 11.3 Å². The number of nitrogens with zero attached hydrogens (tertiary/aromatic N) is 1. The fourth-order valence-corrected chi connectivity index (χ4v) is 5.26. The lowest BCUT2D eigenvalue weighted by atomic mass is 10.1. The number of aliphatic carboxylic acids is 1. The minimum Gasteiger partial charge on any atom is -0.488 e. The minimum absolute atomic E-state index is 0.00412. The van der Waals surface area contributed by atoms with E-state index in [2.05, 4.69) is 0 Å². The van der Waals surface area contributed by atoms with Crippen molar-refractivity contribution in [3.63, 3.8) is 0 Å². The number of halogens is 3. The van der Waals surface area contributed by atoms with E-state index < -0.39 is 17.0 Å². The summed E-state index contributed by atoms with van der Waals surface area (Å²) in [4.78, 5) is 24.8. The Morgan fingerprint density at radius 2 is 1.75 bits per heavy atom. The van der Waals surface area contributed by atoms with Crippen molar-refractivity contribution in [2.24, 2.45) is 0 Å². The van der Waals surface area contributed by atoms with E-state index in [0.29, 0.717) is 66.2 Å². The predicted molar refractivity (Wildman–Crippen MR) is 132 cm³/mol. The predicted octanol–water partition coefficient (Wildman–Crippen LogP) is 6.94. The molecule has 3 aromatic rings.